The first-order valence-corrected chi connectivity index (χ1v) is 10.3. The maximum absolute atomic E-state index is 12.6. The standard InChI is InChI=1S/C20H24N6O.CH2O2/c1-3-5-15-13-8-14(16-6-4-7-18(27)26(15)16)11-25(10-13)20-21-9-17-19(23-20)22-12-24(17)2;2-1-3/h4,6-7,9,12-15H,3,5,8,10-11H2,1-2H3;1H,(H,2,3)/t13-,14+,15-;/m0./s1. The first-order valence-electron chi connectivity index (χ1n) is 10.3. The average molecular weight is 410 g/mol. The Labute approximate surface area is 174 Å². The van der Waals surface area contributed by atoms with E-state index in [1.807, 2.05) is 23.9 Å². The van der Waals surface area contributed by atoms with E-state index in [9.17, 15) is 4.79 Å². The maximum Gasteiger partial charge on any atom is 0.290 e. The fraction of sp³-hybridized carbons (Fsp3) is 0.476. The van der Waals surface area contributed by atoms with Crippen LogP contribution in [-0.2, 0) is 11.8 Å². The summed E-state index contributed by atoms with van der Waals surface area (Å²) in [5.74, 6) is 1.53. The van der Waals surface area contributed by atoms with E-state index in [4.69, 9.17) is 14.9 Å². The molecule has 158 valence electrons. The summed E-state index contributed by atoms with van der Waals surface area (Å²) in [5, 5.41) is 6.89. The van der Waals surface area contributed by atoms with Gasteiger partial charge in [-0.1, -0.05) is 19.4 Å². The van der Waals surface area contributed by atoms with Crippen molar-refractivity contribution in [3.63, 3.8) is 0 Å². The Hall–Kier alpha value is -3.23. The molecule has 1 saturated heterocycles. The number of piperidine rings is 1. The predicted octanol–water partition coefficient (Wildman–Crippen LogP) is 2.19. The molecule has 3 aromatic rings. The molecule has 1 N–H and O–H groups in total. The molecule has 3 aromatic heterocycles. The van der Waals surface area contributed by atoms with Crippen molar-refractivity contribution in [1.29, 1.82) is 0 Å². The molecule has 30 heavy (non-hydrogen) atoms. The third-order valence-corrected chi connectivity index (χ3v) is 6.14. The van der Waals surface area contributed by atoms with Crippen molar-refractivity contribution < 1.29 is 9.90 Å². The molecule has 0 aromatic carbocycles. The van der Waals surface area contributed by atoms with Gasteiger partial charge in [-0.05, 0) is 24.8 Å². The molecule has 9 heteroatoms. The Morgan fingerprint density at radius 1 is 1.27 bits per heavy atom. The summed E-state index contributed by atoms with van der Waals surface area (Å²) in [5.41, 5.74) is 2.98. The van der Waals surface area contributed by atoms with Gasteiger partial charge in [0.1, 0.15) is 5.52 Å². The molecule has 5 heterocycles. The second kappa shape index (κ2) is 8.25. The van der Waals surface area contributed by atoms with E-state index >= 15 is 0 Å². The van der Waals surface area contributed by atoms with Crippen LogP contribution in [0.25, 0.3) is 11.2 Å². The van der Waals surface area contributed by atoms with Crippen LogP contribution in [0.2, 0.25) is 0 Å². The van der Waals surface area contributed by atoms with Gasteiger partial charge in [-0.15, -0.1) is 0 Å². The molecule has 2 aliphatic heterocycles. The molecular weight excluding hydrogens is 384 g/mol. The number of carboxylic acid groups (broad SMARTS) is 1. The second-order valence-corrected chi connectivity index (χ2v) is 7.95. The highest BCUT2D eigenvalue weighted by Gasteiger charge is 2.40. The van der Waals surface area contributed by atoms with Gasteiger partial charge >= 0.3 is 0 Å². The van der Waals surface area contributed by atoms with Crippen LogP contribution in [0.5, 0.6) is 0 Å². The molecule has 0 spiro atoms. The lowest BCUT2D eigenvalue weighted by Gasteiger charge is -2.47. The topological polar surface area (TPSA) is 106 Å². The van der Waals surface area contributed by atoms with Crippen LogP contribution in [-0.4, -0.2) is 48.8 Å². The minimum Gasteiger partial charge on any atom is -0.483 e. The van der Waals surface area contributed by atoms with E-state index in [1.54, 1.807) is 12.4 Å². The fourth-order valence-corrected chi connectivity index (χ4v) is 4.93. The number of nitrogens with zero attached hydrogens (tertiary/aromatic N) is 6. The number of imidazole rings is 1. The zero-order valence-electron chi connectivity index (χ0n) is 17.2. The van der Waals surface area contributed by atoms with Crippen molar-refractivity contribution in [3.8, 4) is 0 Å². The predicted molar refractivity (Wildman–Crippen MR) is 113 cm³/mol. The van der Waals surface area contributed by atoms with E-state index in [1.165, 1.54) is 5.69 Å². The number of fused-ring (bicyclic) bond motifs is 5. The third-order valence-electron chi connectivity index (χ3n) is 6.14. The SMILES string of the molecule is CCC[C@H]1[C@H]2C[C@H](CN(c3ncc4c(ncn4C)n3)C2)c2cccc(=O)n21.O=CO. The monoisotopic (exact) mass is 410 g/mol. The summed E-state index contributed by atoms with van der Waals surface area (Å²) in [7, 11) is 1.95. The van der Waals surface area contributed by atoms with Crippen LogP contribution in [0.3, 0.4) is 0 Å². The second-order valence-electron chi connectivity index (χ2n) is 7.95. The molecular formula is C21H26N6O3. The van der Waals surface area contributed by atoms with Gasteiger partial charge in [-0.2, -0.15) is 4.98 Å². The number of anilines is 1. The molecule has 0 unspecified atom stereocenters. The third kappa shape index (κ3) is 3.44. The Bertz CT molecular complexity index is 1110. The van der Waals surface area contributed by atoms with Gasteiger partial charge in [0.2, 0.25) is 5.95 Å². The largest absolute Gasteiger partial charge is 0.483 e. The van der Waals surface area contributed by atoms with Crippen molar-refractivity contribution in [3.05, 3.63) is 46.8 Å². The number of rotatable bonds is 3. The molecule has 1 fully saturated rings. The number of aromatic nitrogens is 5. The van der Waals surface area contributed by atoms with Crippen molar-refractivity contribution in [2.24, 2.45) is 13.0 Å². The maximum atomic E-state index is 12.6. The van der Waals surface area contributed by atoms with E-state index in [-0.39, 0.29) is 18.1 Å². The first kappa shape index (κ1) is 20.1. The lowest BCUT2D eigenvalue weighted by molar-refractivity contribution is -0.122. The van der Waals surface area contributed by atoms with Gasteiger partial charge in [-0.3, -0.25) is 9.59 Å². The molecule has 9 nitrogen and oxygen atoms in total. The normalized spacial score (nSPS) is 22.2. The lowest BCUT2D eigenvalue weighted by Crippen LogP contribution is -2.50. The number of hydrogen-bond acceptors (Lipinski definition) is 6. The highest BCUT2D eigenvalue weighted by atomic mass is 16.3. The first-order chi connectivity index (χ1) is 14.6. The van der Waals surface area contributed by atoms with Gasteiger partial charge in [0.05, 0.1) is 12.5 Å². The summed E-state index contributed by atoms with van der Waals surface area (Å²) in [4.78, 5) is 36.9. The number of aryl methyl sites for hydroxylation is 1. The zero-order valence-corrected chi connectivity index (χ0v) is 17.2. The van der Waals surface area contributed by atoms with Crippen LogP contribution >= 0.6 is 0 Å². The summed E-state index contributed by atoms with van der Waals surface area (Å²) in [6, 6.07) is 5.98. The molecule has 5 rings (SSSR count). The summed E-state index contributed by atoms with van der Waals surface area (Å²) in [6.07, 6.45) is 6.87. The van der Waals surface area contributed by atoms with Gasteiger partial charge in [0.15, 0.2) is 5.65 Å². The fourth-order valence-electron chi connectivity index (χ4n) is 4.93. The van der Waals surface area contributed by atoms with Crippen molar-refractivity contribution in [1.82, 2.24) is 24.1 Å². The molecule has 2 aliphatic rings. The van der Waals surface area contributed by atoms with E-state index in [0.29, 0.717) is 11.8 Å². The smallest absolute Gasteiger partial charge is 0.290 e. The summed E-state index contributed by atoms with van der Waals surface area (Å²) >= 11 is 0. The van der Waals surface area contributed by atoms with Crippen LogP contribution in [0.4, 0.5) is 5.95 Å². The Balaban J connectivity index is 0.000000687. The molecule has 2 bridgehead atoms. The minimum atomic E-state index is -0.250. The van der Waals surface area contributed by atoms with Gasteiger partial charge in [0.25, 0.3) is 12.0 Å². The van der Waals surface area contributed by atoms with E-state index in [2.05, 4.69) is 32.4 Å². The van der Waals surface area contributed by atoms with E-state index < -0.39 is 0 Å². The number of pyridine rings is 1. The molecule has 0 radical (unpaired) electrons. The Morgan fingerprint density at radius 3 is 2.83 bits per heavy atom. The van der Waals surface area contributed by atoms with Gasteiger partial charge < -0.3 is 19.1 Å². The Kier molecular flexibility index (Phi) is 5.52. The molecule has 0 saturated carbocycles. The van der Waals surface area contributed by atoms with Gasteiger partial charge in [0, 0.05) is 43.9 Å². The number of hydrogen-bond donors (Lipinski definition) is 1. The van der Waals surface area contributed by atoms with Crippen LogP contribution in [0.15, 0.2) is 35.5 Å². The number of carbonyl (C=O) groups is 1. The van der Waals surface area contributed by atoms with Gasteiger partial charge in [-0.25, -0.2) is 9.97 Å². The van der Waals surface area contributed by atoms with Crippen molar-refractivity contribution in [2.75, 3.05) is 18.0 Å². The minimum absolute atomic E-state index is 0.139. The van der Waals surface area contributed by atoms with Crippen molar-refractivity contribution >= 4 is 23.6 Å². The lowest BCUT2D eigenvalue weighted by atomic mass is 9.77. The quantitative estimate of drug-likeness (QED) is 0.660. The van der Waals surface area contributed by atoms with Crippen LogP contribution in [0, 0.1) is 5.92 Å². The summed E-state index contributed by atoms with van der Waals surface area (Å²) < 4.78 is 4.01. The van der Waals surface area contributed by atoms with Crippen LogP contribution in [0.1, 0.15) is 43.8 Å². The zero-order chi connectivity index (χ0) is 21.3. The summed E-state index contributed by atoms with van der Waals surface area (Å²) in [6.45, 7) is 3.68. The average Bonchev–Trinajstić information content (AvgIpc) is 3.12. The Morgan fingerprint density at radius 2 is 2.07 bits per heavy atom. The van der Waals surface area contributed by atoms with Crippen molar-refractivity contribution in [2.45, 2.75) is 38.1 Å². The molecule has 3 atom stereocenters. The van der Waals surface area contributed by atoms with Crippen LogP contribution < -0.4 is 10.5 Å². The molecule has 0 aliphatic carbocycles. The highest BCUT2D eigenvalue weighted by molar-refractivity contribution is 5.71. The molecule has 0 amide bonds. The highest BCUT2D eigenvalue weighted by Crippen LogP contribution is 2.43. The van der Waals surface area contributed by atoms with E-state index in [0.717, 1.165) is 49.5 Å².